The van der Waals surface area contributed by atoms with Gasteiger partial charge in [0, 0.05) is 0 Å². The fraction of sp³-hybridized carbons (Fsp3) is 0.778. The Kier molecular flexibility index (Phi) is 5.32. The molecule has 0 saturated heterocycles. The van der Waals surface area contributed by atoms with Gasteiger partial charge in [-0.1, -0.05) is 26.8 Å². The molecule has 0 spiro atoms. The molecule has 0 aliphatic heterocycles. The fourth-order valence-corrected chi connectivity index (χ4v) is 0.859. The van der Waals surface area contributed by atoms with Crippen molar-refractivity contribution < 1.29 is 5.11 Å². The van der Waals surface area contributed by atoms with Gasteiger partial charge >= 0.3 is 0 Å². The molecule has 1 N–H and O–H groups in total. The van der Waals surface area contributed by atoms with E-state index in [4.69, 9.17) is 0 Å². The van der Waals surface area contributed by atoms with Gasteiger partial charge in [-0.05, 0) is 24.8 Å². The molecule has 0 aromatic carbocycles. The molecule has 1 heteroatoms. The summed E-state index contributed by atoms with van der Waals surface area (Å²) in [5.74, 6) is 0. The third kappa shape index (κ3) is 3.67. The summed E-state index contributed by atoms with van der Waals surface area (Å²) in [5.41, 5.74) is 0.990. The van der Waals surface area contributed by atoms with Crippen LogP contribution in [0.2, 0.25) is 0 Å². The van der Waals surface area contributed by atoms with Gasteiger partial charge < -0.3 is 5.11 Å². The highest BCUT2D eigenvalue weighted by atomic mass is 16.3. The van der Waals surface area contributed by atoms with E-state index in [1.165, 1.54) is 6.42 Å². The molecule has 0 heterocycles. The molecule has 1 atom stereocenters. The third-order valence-corrected chi connectivity index (χ3v) is 1.71. The van der Waals surface area contributed by atoms with Gasteiger partial charge in [0.2, 0.25) is 0 Å². The Morgan fingerprint density at radius 3 is 2.50 bits per heavy atom. The van der Waals surface area contributed by atoms with Crippen LogP contribution in [0, 0.1) is 0 Å². The molecule has 0 aliphatic rings. The molecule has 0 rings (SSSR count). The van der Waals surface area contributed by atoms with Crippen LogP contribution in [0.4, 0.5) is 0 Å². The first-order valence-corrected chi connectivity index (χ1v) is 4.08. The smallest absolute Gasteiger partial charge is 0.0744 e. The molecule has 0 radical (unpaired) electrons. The summed E-state index contributed by atoms with van der Waals surface area (Å²) in [6.07, 6.45) is 3.82. The molecule has 60 valence electrons. The molecule has 0 bridgehead atoms. The van der Waals surface area contributed by atoms with Crippen molar-refractivity contribution in [2.45, 2.75) is 45.6 Å². The van der Waals surface area contributed by atoms with Crippen molar-refractivity contribution in [1.82, 2.24) is 0 Å². The lowest BCUT2D eigenvalue weighted by Gasteiger charge is -2.09. The van der Waals surface area contributed by atoms with E-state index in [1.54, 1.807) is 0 Å². The minimum atomic E-state index is -0.272. The van der Waals surface area contributed by atoms with Gasteiger partial charge in [0.1, 0.15) is 0 Å². The van der Waals surface area contributed by atoms with Crippen molar-refractivity contribution in [3.63, 3.8) is 0 Å². The minimum Gasteiger partial charge on any atom is -0.389 e. The van der Waals surface area contributed by atoms with E-state index in [0.717, 1.165) is 24.8 Å². The molecule has 0 aromatic rings. The SMILES string of the molecule is C=C(CCCC)[C@H](O)CC. The predicted molar refractivity (Wildman–Crippen MR) is 45.0 cm³/mol. The summed E-state index contributed by atoms with van der Waals surface area (Å²) >= 11 is 0. The monoisotopic (exact) mass is 142 g/mol. The molecule has 0 unspecified atom stereocenters. The van der Waals surface area contributed by atoms with Crippen LogP contribution in [0.3, 0.4) is 0 Å². The van der Waals surface area contributed by atoms with E-state index in [-0.39, 0.29) is 6.10 Å². The van der Waals surface area contributed by atoms with Crippen LogP contribution in [0.25, 0.3) is 0 Å². The molecule has 0 aliphatic carbocycles. The summed E-state index contributed by atoms with van der Waals surface area (Å²) in [7, 11) is 0. The molecular weight excluding hydrogens is 124 g/mol. The average Bonchev–Trinajstić information content (AvgIpc) is 1.98. The van der Waals surface area contributed by atoms with E-state index >= 15 is 0 Å². The highest BCUT2D eigenvalue weighted by molar-refractivity contribution is 5.00. The van der Waals surface area contributed by atoms with Crippen LogP contribution in [0.1, 0.15) is 39.5 Å². The lowest BCUT2D eigenvalue weighted by atomic mass is 10.0. The van der Waals surface area contributed by atoms with Gasteiger partial charge in [-0.2, -0.15) is 0 Å². The van der Waals surface area contributed by atoms with Crippen LogP contribution in [-0.4, -0.2) is 11.2 Å². The Labute approximate surface area is 63.8 Å². The van der Waals surface area contributed by atoms with Crippen LogP contribution in [-0.2, 0) is 0 Å². The minimum absolute atomic E-state index is 0.272. The van der Waals surface area contributed by atoms with E-state index < -0.39 is 0 Å². The highest BCUT2D eigenvalue weighted by Crippen LogP contribution is 2.11. The third-order valence-electron chi connectivity index (χ3n) is 1.71. The van der Waals surface area contributed by atoms with Crippen LogP contribution in [0.15, 0.2) is 12.2 Å². The molecule has 1 nitrogen and oxygen atoms in total. The first-order valence-electron chi connectivity index (χ1n) is 4.08. The summed E-state index contributed by atoms with van der Waals surface area (Å²) < 4.78 is 0. The molecule has 10 heavy (non-hydrogen) atoms. The molecule has 0 saturated carbocycles. The van der Waals surface area contributed by atoms with Crippen molar-refractivity contribution in [3.8, 4) is 0 Å². The molecular formula is C9H18O. The van der Waals surface area contributed by atoms with Gasteiger partial charge in [-0.3, -0.25) is 0 Å². The largest absolute Gasteiger partial charge is 0.389 e. The Morgan fingerprint density at radius 1 is 1.50 bits per heavy atom. The number of unbranched alkanes of at least 4 members (excludes halogenated alkanes) is 1. The summed E-state index contributed by atoms with van der Waals surface area (Å²) in [5, 5.41) is 9.25. The van der Waals surface area contributed by atoms with Crippen molar-refractivity contribution in [3.05, 3.63) is 12.2 Å². The number of hydrogen-bond donors (Lipinski definition) is 1. The van der Waals surface area contributed by atoms with E-state index in [2.05, 4.69) is 13.5 Å². The number of rotatable bonds is 5. The maximum atomic E-state index is 9.25. The standard InChI is InChI=1S/C9H18O/c1-4-6-7-8(3)9(10)5-2/h9-10H,3-7H2,1-2H3/t9-/m1/s1. The zero-order chi connectivity index (χ0) is 7.98. The first kappa shape index (κ1) is 9.70. The zero-order valence-electron chi connectivity index (χ0n) is 7.06. The number of aliphatic hydroxyl groups excluding tert-OH is 1. The second-order valence-corrected chi connectivity index (χ2v) is 2.69. The lowest BCUT2D eigenvalue weighted by molar-refractivity contribution is 0.202. The Morgan fingerprint density at radius 2 is 2.10 bits per heavy atom. The van der Waals surface area contributed by atoms with Gasteiger partial charge in [0.25, 0.3) is 0 Å². The van der Waals surface area contributed by atoms with E-state index in [0.29, 0.717) is 0 Å². The Bertz CT molecular complexity index is 96.9. The first-order chi connectivity index (χ1) is 4.72. The van der Waals surface area contributed by atoms with Crippen LogP contribution < -0.4 is 0 Å². The zero-order valence-corrected chi connectivity index (χ0v) is 7.06. The maximum Gasteiger partial charge on any atom is 0.0744 e. The quantitative estimate of drug-likeness (QED) is 0.585. The summed E-state index contributed by atoms with van der Waals surface area (Å²) in [4.78, 5) is 0. The summed E-state index contributed by atoms with van der Waals surface area (Å²) in [6, 6.07) is 0. The van der Waals surface area contributed by atoms with Gasteiger partial charge in [0.05, 0.1) is 6.10 Å². The van der Waals surface area contributed by atoms with Crippen molar-refractivity contribution in [2.75, 3.05) is 0 Å². The number of aliphatic hydroxyl groups is 1. The van der Waals surface area contributed by atoms with Crippen LogP contribution >= 0.6 is 0 Å². The van der Waals surface area contributed by atoms with Crippen LogP contribution in [0.5, 0.6) is 0 Å². The van der Waals surface area contributed by atoms with E-state index in [1.807, 2.05) is 6.92 Å². The van der Waals surface area contributed by atoms with Crippen molar-refractivity contribution in [1.29, 1.82) is 0 Å². The van der Waals surface area contributed by atoms with Crippen molar-refractivity contribution in [2.24, 2.45) is 0 Å². The fourth-order valence-electron chi connectivity index (χ4n) is 0.859. The molecule has 0 aromatic heterocycles. The van der Waals surface area contributed by atoms with Gasteiger partial charge in [-0.15, -0.1) is 0 Å². The predicted octanol–water partition coefficient (Wildman–Crippen LogP) is 2.50. The van der Waals surface area contributed by atoms with E-state index in [9.17, 15) is 5.11 Å². The number of hydrogen-bond acceptors (Lipinski definition) is 1. The second kappa shape index (κ2) is 5.48. The summed E-state index contributed by atoms with van der Waals surface area (Å²) in [6.45, 7) is 7.93. The average molecular weight is 142 g/mol. The van der Waals surface area contributed by atoms with Gasteiger partial charge in [0.15, 0.2) is 0 Å². The Hall–Kier alpha value is -0.300. The second-order valence-electron chi connectivity index (χ2n) is 2.69. The maximum absolute atomic E-state index is 9.25. The Balaban J connectivity index is 3.42. The van der Waals surface area contributed by atoms with Gasteiger partial charge in [-0.25, -0.2) is 0 Å². The normalized spacial score (nSPS) is 13.1. The molecule has 0 fully saturated rings. The van der Waals surface area contributed by atoms with Crippen molar-refractivity contribution >= 4 is 0 Å². The molecule has 0 amide bonds. The lowest BCUT2D eigenvalue weighted by Crippen LogP contribution is -2.06. The highest BCUT2D eigenvalue weighted by Gasteiger charge is 2.03. The topological polar surface area (TPSA) is 20.2 Å².